The molecule has 2 N–H and O–H groups in total. The predicted octanol–water partition coefficient (Wildman–Crippen LogP) is 1.81. The van der Waals surface area contributed by atoms with Crippen LogP contribution in [0.15, 0.2) is 24.9 Å². The molecule has 2 aromatic rings. The smallest absolute Gasteiger partial charge is 0.200 e. The van der Waals surface area contributed by atoms with E-state index < -0.39 is 0 Å². The first-order valence-corrected chi connectivity index (χ1v) is 5.56. The van der Waals surface area contributed by atoms with Gasteiger partial charge in [0.2, 0.25) is 0 Å². The van der Waals surface area contributed by atoms with E-state index in [-0.39, 0.29) is 0 Å². The third-order valence-corrected chi connectivity index (χ3v) is 2.40. The number of aromatic amines is 1. The highest BCUT2D eigenvalue weighted by atomic mass is 15.1. The Bertz CT molecular complexity index is 404. The largest absolute Gasteiger partial charge is 0.356 e. The average Bonchev–Trinajstić information content (AvgIpc) is 2.89. The van der Waals surface area contributed by atoms with Gasteiger partial charge in [-0.1, -0.05) is 0 Å². The van der Waals surface area contributed by atoms with E-state index in [4.69, 9.17) is 0 Å². The molecule has 2 rings (SSSR count). The summed E-state index contributed by atoms with van der Waals surface area (Å²) in [7, 11) is 0. The van der Waals surface area contributed by atoms with E-state index in [9.17, 15) is 0 Å². The molecule has 2 heterocycles. The Kier molecular flexibility index (Phi) is 3.58. The molecule has 0 amide bonds. The summed E-state index contributed by atoms with van der Waals surface area (Å²) in [5.74, 6) is 0.861. The normalized spacial score (nSPS) is 10.6. The second-order valence-corrected chi connectivity index (χ2v) is 3.85. The second kappa shape index (κ2) is 5.34. The first-order valence-electron chi connectivity index (χ1n) is 5.56. The van der Waals surface area contributed by atoms with Crippen LogP contribution in [0.3, 0.4) is 0 Å². The minimum absolute atomic E-state index is 0.861. The topological polar surface area (TPSA) is 58.5 Å². The quantitative estimate of drug-likeness (QED) is 0.728. The molecule has 2 aromatic heterocycles. The third-order valence-electron chi connectivity index (χ3n) is 2.40. The van der Waals surface area contributed by atoms with E-state index in [1.165, 1.54) is 0 Å². The number of aryl methyl sites for hydroxylation is 2. The number of unbranched alkanes of at least 4 members (excludes halogenated alkanes) is 1. The number of anilines is 1. The minimum atomic E-state index is 0.861. The Morgan fingerprint density at radius 1 is 1.44 bits per heavy atom. The van der Waals surface area contributed by atoms with Crippen LogP contribution in [0, 0.1) is 6.92 Å². The number of H-pyrrole nitrogens is 1. The number of hydrogen-bond donors (Lipinski definition) is 2. The number of rotatable bonds is 6. The van der Waals surface area contributed by atoms with Crippen molar-refractivity contribution in [3.05, 3.63) is 30.6 Å². The fourth-order valence-corrected chi connectivity index (χ4v) is 1.55. The molecule has 0 saturated carbocycles. The van der Waals surface area contributed by atoms with Gasteiger partial charge in [-0.25, -0.2) is 9.97 Å². The van der Waals surface area contributed by atoms with Gasteiger partial charge < -0.3 is 14.9 Å². The number of nitrogens with one attached hydrogen (secondary N) is 2. The first kappa shape index (κ1) is 10.7. The van der Waals surface area contributed by atoms with E-state index in [1.807, 2.05) is 31.8 Å². The van der Waals surface area contributed by atoms with Gasteiger partial charge in [0.25, 0.3) is 0 Å². The summed E-state index contributed by atoms with van der Waals surface area (Å²) in [6.07, 6.45) is 9.74. The first-order chi connectivity index (χ1) is 7.84. The van der Waals surface area contributed by atoms with Crippen molar-refractivity contribution < 1.29 is 0 Å². The monoisotopic (exact) mass is 219 g/mol. The van der Waals surface area contributed by atoms with E-state index in [0.717, 1.165) is 37.6 Å². The zero-order valence-corrected chi connectivity index (χ0v) is 9.48. The van der Waals surface area contributed by atoms with Crippen molar-refractivity contribution in [3.63, 3.8) is 0 Å². The molecule has 5 heteroatoms. The van der Waals surface area contributed by atoms with Crippen LogP contribution in [0.4, 0.5) is 5.95 Å². The van der Waals surface area contributed by atoms with Crippen LogP contribution in [-0.4, -0.2) is 26.1 Å². The molecular weight excluding hydrogens is 202 g/mol. The van der Waals surface area contributed by atoms with Crippen molar-refractivity contribution >= 4 is 5.95 Å². The van der Waals surface area contributed by atoms with Crippen LogP contribution in [0.25, 0.3) is 0 Å². The Morgan fingerprint density at radius 2 is 2.38 bits per heavy atom. The molecule has 0 bridgehead atoms. The highest BCUT2D eigenvalue weighted by molar-refractivity contribution is 5.25. The highest BCUT2D eigenvalue weighted by Gasteiger charge is 1.95. The molecule has 0 aromatic carbocycles. The molecule has 5 nitrogen and oxygen atoms in total. The molecule has 0 aliphatic carbocycles. The summed E-state index contributed by atoms with van der Waals surface area (Å²) < 4.78 is 2.09. The van der Waals surface area contributed by atoms with Crippen molar-refractivity contribution in [2.45, 2.75) is 26.3 Å². The lowest BCUT2D eigenvalue weighted by molar-refractivity contribution is 0.620. The Labute approximate surface area is 94.9 Å². The van der Waals surface area contributed by atoms with Crippen molar-refractivity contribution in [1.82, 2.24) is 19.5 Å². The van der Waals surface area contributed by atoms with Crippen LogP contribution in [0.5, 0.6) is 0 Å². The van der Waals surface area contributed by atoms with Gasteiger partial charge in [-0.3, -0.25) is 0 Å². The number of imidazole rings is 2. The summed E-state index contributed by atoms with van der Waals surface area (Å²) in [6.45, 7) is 3.97. The standard InChI is InChI=1S/C11H17N5/c1-10-8-14-11(15-10)13-4-2-3-6-16-7-5-12-9-16/h5,7-9H,2-4,6H2,1H3,(H2,13,14,15). The van der Waals surface area contributed by atoms with Crippen molar-refractivity contribution in [2.75, 3.05) is 11.9 Å². The second-order valence-electron chi connectivity index (χ2n) is 3.85. The van der Waals surface area contributed by atoms with E-state index in [2.05, 4.69) is 24.8 Å². The Balaban J connectivity index is 1.59. The molecule has 0 spiro atoms. The lowest BCUT2D eigenvalue weighted by Crippen LogP contribution is -2.04. The number of hydrogen-bond acceptors (Lipinski definition) is 3. The van der Waals surface area contributed by atoms with Gasteiger partial charge in [-0.05, 0) is 19.8 Å². The fourth-order valence-electron chi connectivity index (χ4n) is 1.55. The van der Waals surface area contributed by atoms with Crippen LogP contribution < -0.4 is 5.32 Å². The van der Waals surface area contributed by atoms with Crippen LogP contribution in [-0.2, 0) is 6.54 Å². The van der Waals surface area contributed by atoms with Crippen molar-refractivity contribution in [1.29, 1.82) is 0 Å². The fraction of sp³-hybridized carbons (Fsp3) is 0.455. The third kappa shape index (κ3) is 3.12. The summed E-state index contributed by atoms with van der Waals surface area (Å²) in [5, 5.41) is 3.25. The van der Waals surface area contributed by atoms with Crippen LogP contribution in [0.2, 0.25) is 0 Å². The molecule has 0 radical (unpaired) electrons. The van der Waals surface area contributed by atoms with Gasteiger partial charge in [0.15, 0.2) is 5.95 Å². The molecule has 0 unspecified atom stereocenters. The van der Waals surface area contributed by atoms with Crippen molar-refractivity contribution in [3.8, 4) is 0 Å². The predicted molar refractivity (Wildman–Crippen MR) is 63.3 cm³/mol. The zero-order valence-electron chi connectivity index (χ0n) is 9.48. The molecule has 0 aliphatic heterocycles. The van der Waals surface area contributed by atoms with E-state index in [0.29, 0.717) is 0 Å². The molecule has 0 atom stereocenters. The van der Waals surface area contributed by atoms with Gasteiger partial charge in [0, 0.05) is 37.4 Å². The summed E-state index contributed by atoms with van der Waals surface area (Å²) >= 11 is 0. The molecule has 0 aliphatic rings. The summed E-state index contributed by atoms with van der Waals surface area (Å²) in [4.78, 5) is 11.3. The SMILES string of the molecule is Cc1cnc(NCCCCn2ccnc2)[nH]1. The van der Waals surface area contributed by atoms with Crippen LogP contribution in [0.1, 0.15) is 18.5 Å². The molecule has 16 heavy (non-hydrogen) atoms. The lowest BCUT2D eigenvalue weighted by atomic mass is 10.3. The van der Waals surface area contributed by atoms with Gasteiger partial charge >= 0.3 is 0 Å². The Morgan fingerprint density at radius 3 is 3.06 bits per heavy atom. The van der Waals surface area contributed by atoms with Gasteiger partial charge in [-0.15, -0.1) is 0 Å². The highest BCUT2D eigenvalue weighted by Crippen LogP contribution is 2.01. The number of nitrogens with zero attached hydrogens (tertiary/aromatic N) is 3. The molecule has 86 valence electrons. The summed E-state index contributed by atoms with van der Waals surface area (Å²) in [6, 6.07) is 0. The minimum Gasteiger partial charge on any atom is -0.356 e. The van der Waals surface area contributed by atoms with Gasteiger partial charge in [-0.2, -0.15) is 0 Å². The lowest BCUT2D eigenvalue weighted by Gasteiger charge is -2.03. The summed E-state index contributed by atoms with van der Waals surface area (Å²) in [5.41, 5.74) is 1.08. The maximum Gasteiger partial charge on any atom is 0.200 e. The number of aromatic nitrogens is 4. The van der Waals surface area contributed by atoms with E-state index in [1.54, 1.807) is 0 Å². The maximum absolute atomic E-state index is 4.18. The average molecular weight is 219 g/mol. The van der Waals surface area contributed by atoms with Gasteiger partial charge in [0.05, 0.1) is 6.33 Å². The van der Waals surface area contributed by atoms with Crippen LogP contribution >= 0.6 is 0 Å². The van der Waals surface area contributed by atoms with Gasteiger partial charge in [0.1, 0.15) is 0 Å². The maximum atomic E-state index is 4.18. The Hall–Kier alpha value is -1.78. The molecular formula is C11H17N5. The zero-order chi connectivity index (χ0) is 11.2. The molecule has 0 saturated heterocycles. The van der Waals surface area contributed by atoms with Crippen molar-refractivity contribution in [2.24, 2.45) is 0 Å². The molecule has 0 fully saturated rings. The van der Waals surface area contributed by atoms with E-state index >= 15 is 0 Å².